The summed E-state index contributed by atoms with van der Waals surface area (Å²) < 4.78 is 5.14. The van der Waals surface area contributed by atoms with Crippen LogP contribution in [-0.2, 0) is 0 Å². The van der Waals surface area contributed by atoms with Crippen molar-refractivity contribution in [2.24, 2.45) is 0 Å². The monoisotopic (exact) mass is 312 g/mol. The van der Waals surface area contributed by atoms with E-state index in [1.807, 2.05) is 31.2 Å². The van der Waals surface area contributed by atoms with Gasteiger partial charge in [0.1, 0.15) is 17.3 Å². The zero-order valence-electron chi connectivity index (χ0n) is 13.3. The predicted molar refractivity (Wildman–Crippen MR) is 87.2 cm³/mol. The van der Waals surface area contributed by atoms with Crippen LogP contribution in [0, 0.1) is 0 Å². The molecule has 23 heavy (non-hydrogen) atoms. The molecule has 2 aromatic rings. The minimum atomic E-state index is -0.248. The van der Waals surface area contributed by atoms with Crippen molar-refractivity contribution in [3.05, 3.63) is 57.8 Å². The molecule has 1 aliphatic carbocycles. The van der Waals surface area contributed by atoms with Gasteiger partial charge in [-0.25, -0.2) is 4.98 Å². The second kappa shape index (κ2) is 6.36. The molecule has 0 bridgehead atoms. The van der Waals surface area contributed by atoms with Crippen LogP contribution in [0.5, 0.6) is 5.75 Å². The molecule has 1 atom stereocenters. The second-order valence-corrected chi connectivity index (χ2v) is 6.09. The van der Waals surface area contributed by atoms with Crippen LogP contribution in [0.15, 0.2) is 35.1 Å². The highest BCUT2D eigenvalue weighted by atomic mass is 16.5. The quantitative estimate of drug-likeness (QED) is 0.832. The molecule has 1 aromatic carbocycles. The number of aromatic amines is 1. The van der Waals surface area contributed by atoms with E-state index >= 15 is 0 Å². The number of aromatic nitrogens is 2. The highest BCUT2D eigenvalue weighted by molar-refractivity contribution is 5.94. The van der Waals surface area contributed by atoms with E-state index in [0.717, 1.165) is 24.2 Å². The number of carbonyl (C=O) groups is 1. The minimum Gasteiger partial charge on any atom is -0.497 e. The molecule has 0 aliphatic heterocycles. The summed E-state index contributed by atoms with van der Waals surface area (Å²) in [6.45, 7) is 1.99. The molecule has 0 radical (unpaired) electrons. The Hall–Kier alpha value is -2.43. The predicted octanol–water partition coefficient (Wildman–Crippen LogP) is 3.03. The topological polar surface area (TPSA) is 72.1 Å². The third kappa shape index (κ3) is 3.67. The van der Waals surface area contributed by atoms with E-state index in [-0.39, 0.29) is 23.0 Å². The summed E-state index contributed by atoms with van der Waals surface area (Å²) in [6.07, 6.45) is 2.39. The summed E-state index contributed by atoms with van der Waals surface area (Å²) in [6, 6.07) is 8.98. The van der Waals surface area contributed by atoms with Crippen LogP contribution >= 0.6 is 0 Å². The lowest BCUT2D eigenvalue weighted by Crippen LogP contribution is -2.16. The van der Waals surface area contributed by atoms with Gasteiger partial charge in [0.2, 0.25) is 0 Å². The molecule has 1 saturated carbocycles. The van der Waals surface area contributed by atoms with Crippen molar-refractivity contribution in [2.75, 3.05) is 7.11 Å². The number of rotatable bonds is 6. The number of benzene rings is 1. The molecule has 0 amide bonds. The molecule has 1 N–H and O–H groups in total. The number of ether oxygens (including phenoxy) is 1. The molecule has 1 aliphatic rings. The van der Waals surface area contributed by atoms with Crippen molar-refractivity contribution in [3.63, 3.8) is 0 Å². The number of carbonyl (C=O) groups excluding carboxylic acids is 1. The SMILES string of the molecule is COc1ccc([C@@H](C)CC(=O)c2cc(=O)[nH]c(C3CC3)n2)cc1. The fraction of sp³-hybridized carbons (Fsp3) is 0.389. The standard InChI is InChI=1S/C18H20N2O3/c1-11(12-5-7-14(23-2)8-6-12)9-16(21)15-10-17(22)20-18(19-15)13-3-4-13/h5-8,10-11,13H,3-4,9H2,1-2H3,(H,19,20,22)/t11-/m0/s1. The van der Waals surface area contributed by atoms with E-state index in [9.17, 15) is 9.59 Å². The largest absolute Gasteiger partial charge is 0.497 e. The highest BCUT2D eigenvalue weighted by Gasteiger charge is 2.27. The van der Waals surface area contributed by atoms with Gasteiger partial charge in [-0.15, -0.1) is 0 Å². The lowest BCUT2D eigenvalue weighted by Gasteiger charge is -2.12. The van der Waals surface area contributed by atoms with Crippen molar-refractivity contribution in [1.29, 1.82) is 0 Å². The Morgan fingerprint density at radius 3 is 2.65 bits per heavy atom. The first-order valence-corrected chi connectivity index (χ1v) is 7.85. The molecule has 0 saturated heterocycles. The number of hydrogen-bond acceptors (Lipinski definition) is 4. The molecule has 1 fully saturated rings. The summed E-state index contributed by atoms with van der Waals surface area (Å²) in [5, 5.41) is 0. The van der Waals surface area contributed by atoms with Gasteiger partial charge in [0.05, 0.1) is 7.11 Å². The average molecular weight is 312 g/mol. The fourth-order valence-electron chi connectivity index (χ4n) is 2.60. The number of nitrogens with zero attached hydrogens (tertiary/aromatic N) is 1. The van der Waals surface area contributed by atoms with E-state index < -0.39 is 0 Å². The third-order valence-corrected chi connectivity index (χ3v) is 4.19. The summed E-state index contributed by atoms with van der Waals surface area (Å²) >= 11 is 0. The van der Waals surface area contributed by atoms with E-state index in [4.69, 9.17) is 4.74 Å². The second-order valence-electron chi connectivity index (χ2n) is 6.09. The molecule has 0 unspecified atom stereocenters. The van der Waals surface area contributed by atoms with Gasteiger partial charge in [-0.1, -0.05) is 19.1 Å². The van der Waals surface area contributed by atoms with Gasteiger partial charge in [0, 0.05) is 18.4 Å². The number of Topliss-reactive ketones (excluding diaryl/α,β-unsaturated/α-hetero) is 1. The van der Waals surface area contributed by atoms with E-state index in [0.29, 0.717) is 18.2 Å². The zero-order valence-corrected chi connectivity index (χ0v) is 13.3. The van der Waals surface area contributed by atoms with Crippen LogP contribution in [-0.4, -0.2) is 22.9 Å². The van der Waals surface area contributed by atoms with E-state index in [1.165, 1.54) is 6.07 Å². The molecule has 5 heteroatoms. The first-order chi connectivity index (χ1) is 11.1. The Kier molecular flexibility index (Phi) is 4.28. The summed E-state index contributed by atoms with van der Waals surface area (Å²) in [7, 11) is 1.62. The Labute approximate surface area is 134 Å². The number of ketones is 1. The molecular formula is C18H20N2O3. The van der Waals surface area contributed by atoms with Gasteiger partial charge in [-0.05, 0) is 36.5 Å². The number of methoxy groups -OCH3 is 1. The molecular weight excluding hydrogens is 292 g/mol. The summed E-state index contributed by atoms with van der Waals surface area (Å²) in [5.74, 6) is 1.71. The van der Waals surface area contributed by atoms with Crippen molar-refractivity contribution in [3.8, 4) is 5.75 Å². The minimum absolute atomic E-state index is 0.0545. The van der Waals surface area contributed by atoms with Crippen molar-refractivity contribution in [1.82, 2.24) is 9.97 Å². The fourth-order valence-corrected chi connectivity index (χ4v) is 2.60. The van der Waals surface area contributed by atoms with Gasteiger partial charge in [-0.3, -0.25) is 9.59 Å². The Bertz CT molecular complexity index is 761. The van der Waals surface area contributed by atoms with E-state index in [1.54, 1.807) is 7.11 Å². The normalized spacial score (nSPS) is 15.2. The van der Waals surface area contributed by atoms with Crippen molar-refractivity contribution >= 4 is 5.78 Å². The van der Waals surface area contributed by atoms with Crippen molar-refractivity contribution in [2.45, 2.75) is 38.0 Å². The molecule has 1 heterocycles. The average Bonchev–Trinajstić information content (AvgIpc) is 3.39. The van der Waals surface area contributed by atoms with Crippen molar-refractivity contribution < 1.29 is 9.53 Å². The lowest BCUT2D eigenvalue weighted by atomic mass is 9.94. The third-order valence-electron chi connectivity index (χ3n) is 4.19. The smallest absolute Gasteiger partial charge is 0.251 e. The first-order valence-electron chi connectivity index (χ1n) is 7.85. The number of hydrogen-bond donors (Lipinski definition) is 1. The van der Waals surface area contributed by atoms with Crippen LogP contribution in [0.4, 0.5) is 0 Å². The number of H-pyrrole nitrogens is 1. The van der Waals surface area contributed by atoms with Gasteiger partial charge >= 0.3 is 0 Å². The van der Waals surface area contributed by atoms with Crippen LogP contribution in [0.1, 0.15) is 59.9 Å². The molecule has 0 spiro atoms. The first kappa shape index (κ1) is 15.5. The van der Waals surface area contributed by atoms with Crippen LogP contribution in [0.3, 0.4) is 0 Å². The lowest BCUT2D eigenvalue weighted by molar-refractivity contribution is 0.0970. The van der Waals surface area contributed by atoms with E-state index in [2.05, 4.69) is 9.97 Å². The van der Waals surface area contributed by atoms with Crippen LogP contribution in [0.25, 0.3) is 0 Å². The van der Waals surface area contributed by atoms with Gasteiger partial charge in [0.25, 0.3) is 5.56 Å². The Balaban J connectivity index is 1.74. The maximum Gasteiger partial charge on any atom is 0.251 e. The number of nitrogens with one attached hydrogen (secondary N) is 1. The summed E-state index contributed by atoms with van der Waals surface area (Å²) in [5.41, 5.74) is 1.09. The maximum absolute atomic E-state index is 12.5. The zero-order chi connectivity index (χ0) is 16.4. The van der Waals surface area contributed by atoms with Gasteiger partial charge < -0.3 is 9.72 Å². The molecule has 120 valence electrons. The van der Waals surface area contributed by atoms with Gasteiger partial charge in [0.15, 0.2) is 5.78 Å². The Morgan fingerprint density at radius 2 is 2.04 bits per heavy atom. The van der Waals surface area contributed by atoms with Crippen LogP contribution in [0.2, 0.25) is 0 Å². The van der Waals surface area contributed by atoms with Gasteiger partial charge in [-0.2, -0.15) is 0 Å². The molecule has 3 rings (SSSR count). The molecule has 5 nitrogen and oxygen atoms in total. The maximum atomic E-state index is 12.5. The highest BCUT2D eigenvalue weighted by Crippen LogP contribution is 2.37. The summed E-state index contributed by atoms with van der Waals surface area (Å²) in [4.78, 5) is 31.2. The van der Waals surface area contributed by atoms with Crippen LogP contribution < -0.4 is 10.3 Å². The molecule has 1 aromatic heterocycles. The Morgan fingerprint density at radius 1 is 1.35 bits per heavy atom.